The minimum atomic E-state index is -3.65. The molecule has 0 fully saturated rings. The van der Waals surface area contributed by atoms with Crippen molar-refractivity contribution in [1.82, 2.24) is 14.7 Å². The number of hydrogen-bond acceptors (Lipinski definition) is 4. The van der Waals surface area contributed by atoms with Crippen LogP contribution >= 0.6 is 0 Å². The maximum absolute atomic E-state index is 11.8. The molecule has 0 unspecified atom stereocenters. The molecule has 3 N–H and O–H groups in total. The summed E-state index contributed by atoms with van der Waals surface area (Å²) in [5.74, 6) is -0.458. The Bertz CT molecular complexity index is 533. The third-order valence-electron chi connectivity index (χ3n) is 2.59. The lowest BCUT2D eigenvalue weighted by Crippen LogP contribution is -2.32. The van der Waals surface area contributed by atoms with Crippen LogP contribution in [-0.4, -0.2) is 36.0 Å². The highest BCUT2D eigenvalue weighted by Gasteiger charge is 2.27. The van der Waals surface area contributed by atoms with Crippen LogP contribution in [0.25, 0.3) is 0 Å². The summed E-state index contributed by atoms with van der Waals surface area (Å²) in [6, 6.07) is 0. The summed E-state index contributed by atoms with van der Waals surface area (Å²) in [5, 5.41) is 8.88. The summed E-state index contributed by atoms with van der Waals surface area (Å²) < 4.78 is 25.9. The second-order valence-corrected chi connectivity index (χ2v) is 6.41. The molecule has 0 atom stereocenters. The first-order valence-corrected chi connectivity index (χ1v) is 6.88. The first-order chi connectivity index (χ1) is 8.15. The summed E-state index contributed by atoms with van der Waals surface area (Å²) >= 11 is 0. The number of aromatic amines is 1. The van der Waals surface area contributed by atoms with Crippen molar-refractivity contribution in [3.8, 4) is 0 Å². The molecule has 1 rings (SSSR count). The third kappa shape index (κ3) is 3.54. The van der Waals surface area contributed by atoms with Crippen molar-refractivity contribution in [3.05, 3.63) is 12.0 Å². The van der Waals surface area contributed by atoms with Crippen molar-refractivity contribution < 1.29 is 18.3 Å². The maximum atomic E-state index is 11.8. The van der Waals surface area contributed by atoms with Crippen LogP contribution in [0.15, 0.2) is 11.2 Å². The van der Waals surface area contributed by atoms with E-state index in [4.69, 9.17) is 5.11 Å². The smallest absolute Gasteiger partial charge is 0.309 e. The minimum absolute atomic E-state index is 0.0202. The predicted octanol–water partition coefficient (Wildman–Crippen LogP) is 0.497. The zero-order valence-electron chi connectivity index (χ0n) is 10.5. The van der Waals surface area contributed by atoms with Gasteiger partial charge in [0.2, 0.25) is 0 Å². The summed E-state index contributed by atoms with van der Waals surface area (Å²) in [4.78, 5) is 17.3. The van der Waals surface area contributed by atoms with Gasteiger partial charge in [-0.2, -0.15) is 0 Å². The largest absolute Gasteiger partial charge is 0.481 e. The fourth-order valence-corrected chi connectivity index (χ4v) is 2.22. The lowest BCUT2D eigenvalue weighted by molar-refractivity contribution is -0.147. The first kappa shape index (κ1) is 14.7. The normalized spacial score (nSPS) is 12.6. The number of sulfonamides is 1. The van der Waals surface area contributed by atoms with Gasteiger partial charge in [-0.1, -0.05) is 0 Å². The molecule has 18 heavy (non-hydrogen) atoms. The number of nitrogens with zero attached hydrogens (tertiary/aromatic N) is 1. The molecule has 0 aliphatic carbocycles. The van der Waals surface area contributed by atoms with Gasteiger partial charge < -0.3 is 10.1 Å². The van der Waals surface area contributed by atoms with Crippen LogP contribution in [0.5, 0.6) is 0 Å². The molecule has 0 saturated carbocycles. The van der Waals surface area contributed by atoms with Crippen molar-refractivity contribution in [2.75, 3.05) is 6.54 Å². The fourth-order valence-electron chi connectivity index (χ4n) is 1.22. The van der Waals surface area contributed by atoms with Gasteiger partial charge in [-0.25, -0.2) is 18.1 Å². The summed E-state index contributed by atoms with van der Waals surface area (Å²) in [5.41, 5.74) is -0.966. The van der Waals surface area contributed by atoms with Crippen LogP contribution < -0.4 is 4.72 Å². The number of rotatable bonds is 6. The first-order valence-electron chi connectivity index (χ1n) is 5.40. The number of carboxylic acids is 1. The molecule has 1 heterocycles. The van der Waals surface area contributed by atoms with Crippen LogP contribution in [0.1, 0.15) is 26.1 Å². The Balaban J connectivity index is 2.62. The second-order valence-electron chi connectivity index (χ2n) is 4.67. The molecular formula is C10H17N3O4S. The molecule has 0 bridgehead atoms. The van der Waals surface area contributed by atoms with E-state index in [0.717, 1.165) is 0 Å². The monoisotopic (exact) mass is 275 g/mol. The molecule has 0 aromatic carbocycles. The SMILES string of the molecule is Cc1ncc(S(=O)(=O)NCCC(C)(C)C(=O)O)[nH]1. The van der Waals surface area contributed by atoms with Crippen LogP contribution in [0.4, 0.5) is 0 Å². The molecule has 102 valence electrons. The van der Waals surface area contributed by atoms with E-state index < -0.39 is 21.4 Å². The quantitative estimate of drug-likeness (QED) is 0.699. The van der Waals surface area contributed by atoms with Gasteiger partial charge in [0.1, 0.15) is 5.82 Å². The molecule has 1 aromatic rings. The highest BCUT2D eigenvalue weighted by Crippen LogP contribution is 2.19. The molecule has 1 aromatic heterocycles. The lowest BCUT2D eigenvalue weighted by Gasteiger charge is -2.18. The Morgan fingerprint density at radius 2 is 2.17 bits per heavy atom. The van der Waals surface area contributed by atoms with Gasteiger partial charge in [0.15, 0.2) is 5.03 Å². The van der Waals surface area contributed by atoms with Crippen LogP contribution in [0, 0.1) is 12.3 Å². The summed E-state index contributed by atoms with van der Waals surface area (Å²) in [7, 11) is -3.65. The zero-order valence-corrected chi connectivity index (χ0v) is 11.3. The highest BCUT2D eigenvalue weighted by atomic mass is 32.2. The molecule has 8 heteroatoms. The van der Waals surface area contributed by atoms with Crippen molar-refractivity contribution in [2.24, 2.45) is 5.41 Å². The van der Waals surface area contributed by atoms with E-state index in [1.807, 2.05) is 0 Å². The fraction of sp³-hybridized carbons (Fsp3) is 0.600. The Hall–Kier alpha value is -1.41. The number of carboxylic acid groups (broad SMARTS) is 1. The third-order valence-corrected chi connectivity index (χ3v) is 3.96. The van der Waals surface area contributed by atoms with Crippen LogP contribution in [0.3, 0.4) is 0 Å². The van der Waals surface area contributed by atoms with E-state index in [1.165, 1.54) is 6.20 Å². The molecule has 0 aliphatic heterocycles. The molecule has 7 nitrogen and oxygen atoms in total. The average Bonchev–Trinajstić information content (AvgIpc) is 2.64. The number of aliphatic carboxylic acids is 1. The number of imidazole rings is 1. The number of aromatic nitrogens is 2. The van der Waals surface area contributed by atoms with Crippen molar-refractivity contribution >= 4 is 16.0 Å². The Labute approximate surface area is 106 Å². The summed E-state index contributed by atoms with van der Waals surface area (Å²) in [6.45, 7) is 4.79. The lowest BCUT2D eigenvalue weighted by atomic mass is 9.90. The molecule has 0 spiro atoms. The van der Waals surface area contributed by atoms with E-state index in [9.17, 15) is 13.2 Å². The number of aryl methyl sites for hydroxylation is 1. The zero-order chi connectivity index (χ0) is 14.0. The predicted molar refractivity (Wildman–Crippen MR) is 64.5 cm³/mol. The standard InChI is InChI=1S/C10H17N3O4S/c1-7-11-6-8(13-7)18(16,17)12-5-4-10(2,3)9(14)15/h6,12H,4-5H2,1-3H3,(H,11,13)(H,14,15). The van der Waals surface area contributed by atoms with Crippen LogP contribution in [0.2, 0.25) is 0 Å². The van der Waals surface area contributed by atoms with Crippen LogP contribution in [-0.2, 0) is 14.8 Å². The molecule has 0 radical (unpaired) electrons. The van der Waals surface area contributed by atoms with E-state index in [2.05, 4.69) is 14.7 Å². The van der Waals surface area contributed by atoms with E-state index >= 15 is 0 Å². The number of H-pyrrole nitrogens is 1. The van der Waals surface area contributed by atoms with Gasteiger partial charge in [-0.05, 0) is 27.2 Å². The maximum Gasteiger partial charge on any atom is 0.309 e. The Morgan fingerprint density at radius 3 is 2.61 bits per heavy atom. The molecule has 0 saturated heterocycles. The Morgan fingerprint density at radius 1 is 1.56 bits per heavy atom. The van der Waals surface area contributed by atoms with Crippen molar-refractivity contribution in [2.45, 2.75) is 32.2 Å². The van der Waals surface area contributed by atoms with Gasteiger partial charge in [0.25, 0.3) is 10.0 Å². The summed E-state index contributed by atoms with van der Waals surface area (Å²) in [6.07, 6.45) is 1.43. The average molecular weight is 275 g/mol. The molecule has 0 aliphatic rings. The topological polar surface area (TPSA) is 112 Å². The number of hydrogen-bond donors (Lipinski definition) is 3. The second kappa shape index (κ2) is 5.07. The van der Waals surface area contributed by atoms with Gasteiger partial charge in [-0.15, -0.1) is 0 Å². The number of nitrogens with one attached hydrogen (secondary N) is 2. The molecular weight excluding hydrogens is 258 g/mol. The Kier molecular flexibility index (Phi) is 4.12. The van der Waals surface area contributed by atoms with E-state index in [1.54, 1.807) is 20.8 Å². The minimum Gasteiger partial charge on any atom is -0.481 e. The van der Waals surface area contributed by atoms with E-state index in [-0.39, 0.29) is 18.0 Å². The highest BCUT2D eigenvalue weighted by molar-refractivity contribution is 7.89. The van der Waals surface area contributed by atoms with Crippen molar-refractivity contribution in [3.63, 3.8) is 0 Å². The van der Waals surface area contributed by atoms with Gasteiger partial charge in [-0.3, -0.25) is 4.79 Å². The van der Waals surface area contributed by atoms with E-state index in [0.29, 0.717) is 5.82 Å². The van der Waals surface area contributed by atoms with Gasteiger partial charge in [0, 0.05) is 6.54 Å². The molecule has 0 amide bonds. The van der Waals surface area contributed by atoms with Gasteiger partial charge >= 0.3 is 5.97 Å². The van der Waals surface area contributed by atoms with Crippen molar-refractivity contribution in [1.29, 1.82) is 0 Å². The van der Waals surface area contributed by atoms with Gasteiger partial charge in [0.05, 0.1) is 11.6 Å². The number of carbonyl (C=O) groups is 1.